The third-order valence-corrected chi connectivity index (χ3v) is 4.18. The molecule has 3 nitrogen and oxygen atoms in total. The molecule has 0 spiro atoms. The number of aryl methyl sites for hydroxylation is 2. The van der Waals surface area contributed by atoms with Gasteiger partial charge in [-0.3, -0.25) is 0 Å². The molecule has 0 radical (unpaired) electrons. The van der Waals surface area contributed by atoms with E-state index in [2.05, 4.69) is 49.0 Å². The van der Waals surface area contributed by atoms with Gasteiger partial charge in [0.1, 0.15) is 0 Å². The molecule has 2 aromatic rings. The van der Waals surface area contributed by atoms with Gasteiger partial charge < -0.3 is 9.77 Å². The second kappa shape index (κ2) is 4.11. The van der Waals surface area contributed by atoms with Crippen molar-refractivity contribution in [1.29, 1.82) is 0 Å². The summed E-state index contributed by atoms with van der Waals surface area (Å²) in [4.78, 5) is 0. The summed E-state index contributed by atoms with van der Waals surface area (Å²) >= 11 is 0. The summed E-state index contributed by atoms with van der Waals surface area (Å²) in [5.41, 5.74) is 7.66. The van der Waals surface area contributed by atoms with E-state index in [0.29, 0.717) is 5.92 Å². The predicted molar refractivity (Wildman–Crippen MR) is 73.0 cm³/mol. The van der Waals surface area contributed by atoms with Crippen LogP contribution in [0, 0.1) is 6.92 Å². The summed E-state index contributed by atoms with van der Waals surface area (Å²) < 4.78 is 2.34. The minimum atomic E-state index is 0.0832. The first-order valence-corrected chi connectivity index (χ1v) is 6.65. The minimum Gasteiger partial charge on any atom is -0.343 e. The summed E-state index contributed by atoms with van der Waals surface area (Å²) in [7, 11) is 0. The molecule has 3 heteroatoms. The van der Waals surface area contributed by atoms with Crippen LogP contribution in [0.1, 0.15) is 49.0 Å². The Morgan fingerprint density at radius 2 is 2.17 bits per heavy atom. The van der Waals surface area contributed by atoms with Crippen LogP contribution in [0.15, 0.2) is 18.2 Å². The summed E-state index contributed by atoms with van der Waals surface area (Å²) in [6, 6.07) is 6.83. The van der Waals surface area contributed by atoms with Crippen LogP contribution in [0.25, 0.3) is 10.9 Å². The predicted octanol–water partition coefficient (Wildman–Crippen LogP) is 3.50. The lowest BCUT2D eigenvalue weighted by Gasteiger charge is -2.08. The number of nitrogens with zero attached hydrogens (tertiary/aromatic N) is 1. The van der Waals surface area contributed by atoms with Gasteiger partial charge >= 0.3 is 0 Å². The normalized spacial score (nSPS) is 18.8. The van der Waals surface area contributed by atoms with Crippen molar-refractivity contribution < 1.29 is 5.21 Å². The molecule has 0 saturated heterocycles. The lowest BCUT2D eigenvalue weighted by Crippen LogP contribution is -2.14. The number of aromatic nitrogens is 1. The molecule has 1 aliphatic rings. The average molecular weight is 244 g/mol. The van der Waals surface area contributed by atoms with Gasteiger partial charge in [0.25, 0.3) is 0 Å². The molecule has 0 fully saturated rings. The van der Waals surface area contributed by atoms with Crippen molar-refractivity contribution in [1.82, 2.24) is 10.0 Å². The third kappa shape index (κ3) is 1.51. The number of hydrogen-bond acceptors (Lipinski definition) is 2. The fourth-order valence-corrected chi connectivity index (χ4v) is 3.13. The molecule has 1 aromatic carbocycles. The summed E-state index contributed by atoms with van der Waals surface area (Å²) in [5, 5.41) is 10.6. The van der Waals surface area contributed by atoms with E-state index in [1.165, 1.54) is 27.7 Å². The molecule has 1 aliphatic heterocycles. The van der Waals surface area contributed by atoms with Crippen molar-refractivity contribution in [2.45, 2.75) is 45.7 Å². The van der Waals surface area contributed by atoms with Gasteiger partial charge in [0, 0.05) is 23.1 Å². The Balaban J connectivity index is 2.24. The van der Waals surface area contributed by atoms with Crippen molar-refractivity contribution in [2.24, 2.45) is 0 Å². The number of hydrogen-bond donors (Lipinski definition) is 2. The van der Waals surface area contributed by atoms with Crippen molar-refractivity contribution in [3.05, 3.63) is 35.0 Å². The highest BCUT2D eigenvalue weighted by molar-refractivity contribution is 5.86. The van der Waals surface area contributed by atoms with Crippen LogP contribution in [0.5, 0.6) is 0 Å². The molecule has 2 heterocycles. The Morgan fingerprint density at radius 1 is 1.39 bits per heavy atom. The zero-order chi connectivity index (χ0) is 12.9. The highest BCUT2D eigenvalue weighted by Crippen LogP contribution is 2.37. The molecule has 3 rings (SSSR count). The highest BCUT2D eigenvalue weighted by Gasteiger charge is 2.27. The molecule has 1 atom stereocenters. The van der Waals surface area contributed by atoms with Gasteiger partial charge in [0.05, 0.1) is 6.04 Å². The summed E-state index contributed by atoms with van der Waals surface area (Å²) in [6.07, 6.45) is 0.967. The molecule has 2 N–H and O–H groups in total. The maximum Gasteiger partial charge on any atom is 0.0740 e. The fraction of sp³-hybridized carbons (Fsp3) is 0.467. The topological polar surface area (TPSA) is 37.2 Å². The largest absolute Gasteiger partial charge is 0.343 e. The maximum atomic E-state index is 9.24. The van der Waals surface area contributed by atoms with Crippen LogP contribution in [-0.2, 0) is 6.54 Å². The second-order valence-electron chi connectivity index (χ2n) is 5.56. The van der Waals surface area contributed by atoms with Crippen LogP contribution < -0.4 is 5.48 Å². The summed E-state index contributed by atoms with van der Waals surface area (Å²) in [6.45, 7) is 7.59. The Hall–Kier alpha value is -1.32. The van der Waals surface area contributed by atoms with Crippen molar-refractivity contribution in [3.63, 3.8) is 0 Å². The Kier molecular flexibility index (Phi) is 2.68. The van der Waals surface area contributed by atoms with E-state index in [-0.39, 0.29) is 6.04 Å². The van der Waals surface area contributed by atoms with Crippen molar-refractivity contribution in [2.75, 3.05) is 0 Å². The van der Waals surface area contributed by atoms with Crippen LogP contribution in [0.4, 0.5) is 0 Å². The quantitative estimate of drug-likeness (QED) is 0.793. The van der Waals surface area contributed by atoms with E-state index in [9.17, 15) is 5.21 Å². The van der Waals surface area contributed by atoms with Crippen molar-refractivity contribution in [3.8, 4) is 0 Å². The highest BCUT2D eigenvalue weighted by atomic mass is 16.5. The number of nitrogens with one attached hydrogen (secondary N) is 1. The van der Waals surface area contributed by atoms with Gasteiger partial charge in [0.15, 0.2) is 0 Å². The average Bonchev–Trinajstić information content (AvgIpc) is 2.90. The molecule has 1 aromatic heterocycles. The van der Waals surface area contributed by atoms with Crippen LogP contribution in [0.2, 0.25) is 0 Å². The molecule has 0 amide bonds. The van der Waals surface area contributed by atoms with E-state index in [1.807, 2.05) is 0 Å². The third-order valence-electron chi connectivity index (χ3n) is 4.18. The number of rotatable bonds is 2. The van der Waals surface area contributed by atoms with Gasteiger partial charge in [-0.1, -0.05) is 19.9 Å². The minimum absolute atomic E-state index is 0.0832. The molecule has 96 valence electrons. The van der Waals surface area contributed by atoms with Crippen LogP contribution >= 0.6 is 0 Å². The number of hydroxylamine groups is 1. The Bertz CT molecular complexity index is 598. The smallest absolute Gasteiger partial charge is 0.0740 e. The van der Waals surface area contributed by atoms with Crippen LogP contribution in [-0.4, -0.2) is 9.77 Å². The first-order valence-electron chi connectivity index (χ1n) is 6.65. The van der Waals surface area contributed by atoms with Gasteiger partial charge in [-0.25, -0.2) is 0 Å². The van der Waals surface area contributed by atoms with Crippen molar-refractivity contribution >= 4 is 10.9 Å². The number of benzene rings is 1. The monoisotopic (exact) mass is 244 g/mol. The zero-order valence-corrected chi connectivity index (χ0v) is 11.2. The Labute approximate surface area is 107 Å². The SMILES string of the molecule is Cc1c2n(c3ccc(C(C)C)cc13)CCC2NO. The van der Waals surface area contributed by atoms with Gasteiger partial charge in [0.2, 0.25) is 0 Å². The van der Waals surface area contributed by atoms with E-state index >= 15 is 0 Å². The molecular weight excluding hydrogens is 224 g/mol. The maximum absolute atomic E-state index is 9.24. The van der Waals surface area contributed by atoms with E-state index in [0.717, 1.165) is 13.0 Å². The van der Waals surface area contributed by atoms with Gasteiger partial charge in [-0.05, 0) is 42.5 Å². The molecule has 18 heavy (non-hydrogen) atoms. The molecule has 1 unspecified atom stereocenters. The van der Waals surface area contributed by atoms with Gasteiger partial charge in [-0.15, -0.1) is 0 Å². The molecule has 0 bridgehead atoms. The van der Waals surface area contributed by atoms with E-state index in [4.69, 9.17) is 0 Å². The van der Waals surface area contributed by atoms with Crippen LogP contribution in [0.3, 0.4) is 0 Å². The molecule has 0 aliphatic carbocycles. The first-order chi connectivity index (χ1) is 8.63. The lowest BCUT2D eigenvalue weighted by molar-refractivity contribution is 0.126. The number of fused-ring (bicyclic) bond motifs is 3. The molecule has 0 saturated carbocycles. The zero-order valence-electron chi connectivity index (χ0n) is 11.2. The second-order valence-corrected chi connectivity index (χ2v) is 5.56. The molecular formula is C15H20N2O. The van der Waals surface area contributed by atoms with Gasteiger partial charge in [-0.2, -0.15) is 5.48 Å². The fourth-order valence-electron chi connectivity index (χ4n) is 3.13. The Morgan fingerprint density at radius 3 is 2.83 bits per heavy atom. The van der Waals surface area contributed by atoms with E-state index < -0.39 is 0 Å². The van der Waals surface area contributed by atoms with E-state index in [1.54, 1.807) is 0 Å². The standard InChI is InChI=1S/C15H20N2O/c1-9(2)11-4-5-14-12(8-11)10(3)15-13(16-18)6-7-17(14)15/h4-5,8-9,13,16,18H,6-7H2,1-3H3. The summed E-state index contributed by atoms with van der Waals surface area (Å²) in [5.74, 6) is 0.551. The lowest BCUT2D eigenvalue weighted by atomic mass is 9.99. The first kappa shape index (κ1) is 11.8.